The van der Waals surface area contributed by atoms with Gasteiger partial charge in [-0.3, -0.25) is 9.69 Å². The molecule has 1 amide bonds. The lowest BCUT2D eigenvalue weighted by Crippen LogP contribution is -2.47. The Labute approximate surface area is 172 Å². The lowest BCUT2D eigenvalue weighted by atomic mass is 10.0. The van der Waals surface area contributed by atoms with Crippen LogP contribution in [0.5, 0.6) is 0 Å². The number of halogens is 2. The molecular weight excluding hydrogens is 375 g/mol. The number of hydrogen-bond donors (Lipinski definition) is 0. The Morgan fingerprint density at radius 3 is 2.57 bits per heavy atom. The zero-order chi connectivity index (χ0) is 20.1. The summed E-state index contributed by atoms with van der Waals surface area (Å²) in [7, 11) is 0. The van der Waals surface area contributed by atoms with Crippen LogP contribution in [0, 0.1) is 12.7 Å². The van der Waals surface area contributed by atoms with Crippen molar-refractivity contribution in [2.45, 2.75) is 52.1 Å². The second kappa shape index (κ2) is 9.53. The molecule has 3 rings (SSSR count). The number of rotatable bonds is 6. The maximum Gasteiger partial charge on any atom is 0.227 e. The van der Waals surface area contributed by atoms with Gasteiger partial charge in [-0.25, -0.2) is 4.39 Å². The summed E-state index contributed by atoms with van der Waals surface area (Å²) in [5, 5.41) is 0.791. The van der Waals surface area contributed by atoms with Gasteiger partial charge in [-0.1, -0.05) is 42.8 Å². The van der Waals surface area contributed by atoms with Crippen LogP contribution in [0.2, 0.25) is 5.02 Å². The topological polar surface area (TPSA) is 23.6 Å². The summed E-state index contributed by atoms with van der Waals surface area (Å²) >= 11 is 6.29. The molecule has 0 spiro atoms. The fourth-order valence-corrected chi connectivity index (χ4v) is 4.02. The van der Waals surface area contributed by atoms with Gasteiger partial charge in [0.15, 0.2) is 0 Å². The Bertz CT molecular complexity index is 818. The summed E-state index contributed by atoms with van der Waals surface area (Å²) in [4.78, 5) is 17.0. The highest BCUT2D eigenvalue weighted by atomic mass is 35.5. The van der Waals surface area contributed by atoms with E-state index < -0.39 is 0 Å². The van der Waals surface area contributed by atoms with E-state index in [0.29, 0.717) is 17.7 Å². The van der Waals surface area contributed by atoms with E-state index in [-0.39, 0.29) is 17.8 Å². The number of nitrogens with zero attached hydrogens (tertiary/aromatic N) is 2. The van der Waals surface area contributed by atoms with Crippen LogP contribution in [0.25, 0.3) is 0 Å². The van der Waals surface area contributed by atoms with Crippen molar-refractivity contribution in [1.82, 2.24) is 4.90 Å². The largest absolute Gasteiger partial charge is 0.309 e. The fraction of sp³-hybridized carbons (Fsp3) is 0.435. The van der Waals surface area contributed by atoms with E-state index in [9.17, 15) is 9.18 Å². The maximum atomic E-state index is 14.1. The molecule has 28 heavy (non-hydrogen) atoms. The van der Waals surface area contributed by atoms with Gasteiger partial charge in [0.2, 0.25) is 5.91 Å². The summed E-state index contributed by atoms with van der Waals surface area (Å²) in [5.41, 5.74) is 2.40. The quantitative estimate of drug-likeness (QED) is 0.629. The minimum atomic E-state index is -0.261. The number of carbonyl (C=O) groups is 1. The molecule has 1 fully saturated rings. The molecule has 0 saturated carbocycles. The minimum absolute atomic E-state index is 0.0790. The molecular formula is C23H28ClFN2O. The average molecular weight is 403 g/mol. The molecule has 1 aliphatic rings. The van der Waals surface area contributed by atoms with Gasteiger partial charge in [0.25, 0.3) is 0 Å². The number of aryl methyl sites for hydroxylation is 1. The lowest BCUT2D eigenvalue weighted by Gasteiger charge is -2.39. The molecule has 2 aromatic rings. The molecule has 0 unspecified atom stereocenters. The van der Waals surface area contributed by atoms with Crippen molar-refractivity contribution >= 4 is 23.2 Å². The van der Waals surface area contributed by atoms with Gasteiger partial charge >= 0.3 is 0 Å². The van der Waals surface area contributed by atoms with E-state index in [1.807, 2.05) is 36.1 Å². The molecule has 3 nitrogen and oxygen atoms in total. The standard InChI is InChI=1S/C23H28ClFN2O/c1-3-6-23(28)27(20-10-9-17(2)22(25)15-20)19-11-13-26(14-12-19)16-18-7-4-5-8-21(18)24/h4-5,7-10,15,19H,3,6,11-14,16H2,1-2H3. The van der Waals surface area contributed by atoms with Crippen LogP contribution < -0.4 is 4.90 Å². The third-order valence-electron chi connectivity index (χ3n) is 5.44. The molecule has 0 radical (unpaired) electrons. The summed E-state index contributed by atoms with van der Waals surface area (Å²) in [6.07, 6.45) is 3.01. The third kappa shape index (κ3) is 4.92. The molecule has 150 valence electrons. The van der Waals surface area contributed by atoms with E-state index in [1.54, 1.807) is 13.0 Å². The van der Waals surface area contributed by atoms with Crippen LogP contribution in [0.1, 0.15) is 43.7 Å². The molecule has 0 bridgehead atoms. The smallest absolute Gasteiger partial charge is 0.227 e. The zero-order valence-corrected chi connectivity index (χ0v) is 17.4. The van der Waals surface area contributed by atoms with E-state index in [4.69, 9.17) is 11.6 Å². The number of hydrogen-bond acceptors (Lipinski definition) is 2. The first kappa shape index (κ1) is 20.8. The lowest BCUT2D eigenvalue weighted by molar-refractivity contribution is -0.119. The number of piperidine rings is 1. The predicted molar refractivity (Wildman–Crippen MR) is 113 cm³/mol. The maximum absolute atomic E-state index is 14.1. The zero-order valence-electron chi connectivity index (χ0n) is 16.6. The van der Waals surface area contributed by atoms with E-state index in [0.717, 1.165) is 49.5 Å². The minimum Gasteiger partial charge on any atom is -0.309 e. The van der Waals surface area contributed by atoms with Crippen LogP contribution in [0.4, 0.5) is 10.1 Å². The number of anilines is 1. The van der Waals surface area contributed by atoms with Gasteiger partial charge in [0.1, 0.15) is 5.82 Å². The molecule has 0 N–H and O–H groups in total. The van der Waals surface area contributed by atoms with Crippen molar-refractivity contribution in [1.29, 1.82) is 0 Å². The molecule has 5 heteroatoms. The Balaban J connectivity index is 1.71. The summed E-state index contributed by atoms with van der Waals surface area (Å²) < 4.78 is 14.1. The Morgan fingerprint density at radius 1 is 1.21 bits per heavy atom. The summed E-state index contributed by atoms with van der Waals surface area (Å²) in [5.74, 6) is -0.182. The van der Waals surface area contributed by atoms with Crippen LogP contribution >= 0.6 is 11.6 Å². The van der Waals surface area contributed by atoms with Crippen molar-refractivity contribution < 1.29 is 9.18 Å². The van der Waals surface area contributed by atoms with Gasteiger partial charge < -0.3 is 4.90 Å². The van der Waals surface area contributed by atoms with Crippen molar-refractivity contribution in [3.8, 4) is 0 Å². The van der Waals surface area contributed by atoms with E-state index in [2.05, 4.69) is 11.0 Å². The molecule has 2 aromatic carbocycles. The van der Waals surface area contributed by atoms with Crippen molar-refractivity contribution in [3.05, 3.63) is 64.4 Å². The SMILES string of the molecule is CCCC(=O)N(c1ccc(C)c(F)c1)C1CCN(Cc2ccccc2Cl)CC1. The predicted octanol–water partition coefficient (Wildman–Crippen LogP) is 5.59. The van der Waals surface area contributed by atoms with E-state index >= 15 is 0 Å². The first-order valence-electron chi connectivity index (χ1n) is 10.0. The number of carbonyl (C=O) groups excluding carboxylic acids is 1. The first-order valence-corrected chi connectivity index (χ1v) is 10.4. The second-order valence-electron chi connectivity index (χ2n) is 7.55. The molecule has 0 atom stereocenters. The van der Waals surface area contributed by atoms with Crippen molar-refractivity contribution in [2.75, 3.05) is 18.0 Å². The monoisotopic (exact) mass is 402 g/mol. The third-order valence-corrected chi connectivity index (χ3v) is 5.81. The van der Waals surface area contributed by atoms with Crippen LogP contribution in [0.3, 0.4) is 0 Å². The first-order chi connectivity index (χ1) is 13.5. The molecule has 0 aromatic heterocycles. The van der Waals surface area contributed by atoms with Gasteiger partial charge in [-0.15, -0.1) is 0 Å². The fourth-order valence-electron chi connectivity index (χ4n) is 3.83. The highest BCUT2D eigenvalue weighted by Gasteiger charge is 2.29. The van der Waals surface area contributed by atoms with Gasteiger partial charge in [-0.2, -0.15) is 0 Å². The number of benzene rings is 2. The van der Waals surface area contributed by atoms with Gasteiger partial charge in [-0.05, 0) is 55.5 Å². The van der Waals surface area contributed by atoms with Crippen LogP contribution in [-0.4, -0.2) is 29.9 Å². The number of likely N-dealkylation sites (tertiary alicyclic amines) is 1. The van der Waals surface area contributed by atoms with Crippen LogP contribution in [0.15, 0.2) is 42.5 Å². The van der Waals surface area contributed by atoms with E-state index in [1.165, 1.54) is 6.07 Å². The summed E-state index contributed by atoms with van der Waals surface area (Å²) in [6, 6.07) is 13.1. The Hall–Kier alpha value is -1.91. The normalized spacial score (nSPS) is 15.6. The molecule has 1 aliphatic heterocycles. The number of amides is 1. The van der Waals surface area contributed by atoms with Crippen molar-refractivity contribution in [3.63, 3.8) is 0 Å². The highest BCUT2D eigenvalue weighted by molar-refractivity contribution is 6.31. The van der Waals surface area contributed by atoms with Gasteiger partial charge in [0, 0.05) is 42.8 Å². The highest BCUT2D eigenvalue weighted by Crippen LogP contribution is 2.28. The molecule has 0 aliphatic carbocycles. The van der Waals surface area contributed by atoms with Gasteiger partial charge in [0.05, 0.1) is 0 Å². The Kier molecular flexibility index (Phi) is 7.08. The summed E-state index contributed by atoms with van der Waals surface area (Å²) in [6.45, 7) is 6.33. The molecule has 1 heterocycles. The van der Waals surface area contributed by atoms with Crippen molar-refractivity contribution in [2.24, 2.45) is 0 Å². The molecule has 1 saturated heterocycles. The van der Waals surface area contributed by atoms with Crippen LogP contribution in [-0.2, 0) is 11.3 Å². The second-order valence-corrected chi connectivity index (χ2v) is 7.95. The Morgan fingerprint density at radius 2 is 1.93 bits per heavy atom. The average Bonchev–Trinajstić information content (AvgIpc) is 2.68.